The van der Waals surface area contributed by atoms with Crippen molar-refractivity contribution in [2.45, 2.75) is 33.2 Å². The van der Waals surface area contributed by atoms with E-state index < -0.39 is 0 Å². The molecule has 0 unspecified atom stereocenters. The SMILES string of the molecule is CCCCN(C)c1cc(CNC)cc(C)n1. The molecule has 0 amide bonds. The Morgan fingerprint density at radius 2 is 2.12 bits per heavy atom. The fourth-order valence-corrected chi connectivity index (χ4v) is 1.73. The maximum atomic E-state index is 4.57. The molecule has 1 N–H and O–H groups in total. The van der Waals surface area contributed by atoms with Gasteiger partial charge in [-0.3, -0.25) is 0 Å². The Labute approximate surface area is 98.9 Å². The van der Waals surface area contributed by atoms with Gasteiger partial charge in [-0.1, -0.05) is 13.3 Å². The van der Waals surface area contributed by atoms with Gasteiger partial charge in [0, 0.05) is 25.8 Å². The van der Waals surface area contributed by atoms with Gasteiger partial charge in [-0.25, -0.2) is 4.98 Å². The molecule has 0 aliphatic carbocycles. The zero-order valence-corrected chi connectivity index (χ0v) is 10.9. The summed E-state index contributed by atoms with van der Waals surface area (Å²) in [6.07, 6.45) is 2.44. The minimum atomic E-state index is 0.901. The average Bonchev–Trinajstić information content (AvgIpc) is 2.25. The molecule has 1 rings (SSSR count). The van der Waals surface area contributed by atoms with Gasteiger partial charge in [0.2, 0.25) is 0 Å². The molecule has 0 bridgehead atoms. The van der Waals surface area contributed by atoms with Crippen molar-refractivity contribution in [2.75, 3.05) is 25.5 Å². The molecular formula is C13H23N3. The van der Waals surface area contributed by atoms with Crippen LogP contribution in [0.15, 0.2) is 12.1 Å². The highest BCUT2D eigenvalue weighted by atomic mass is 15.2. The lowest BCUT2D eigenvalue weighted by Gasteiger charge is -2.19. The normalized spacial score (nSPS) is 10.5. The van der Waals surface area contributed by atoms with Gasteiger partial charge >= 0.3 is 0 Å². The zero-order valence-electron chi connectivity index (χ0n) is 10.9. The van der Waals surface area contributed by atoms with Crippen LogP contribution in [-0.2, 0) is 6.54 Å². The number of unbranched alkanes of at least 4 members (excludes halogenated alkanes) is 1. The first-order valence-corrected chi connectivity index (χ1v) is 6.00. The Balaban J connectivity index is 2.78. The predicted molar refractivity (Wildman–Crippen MR) is 69.9 cm³/mol. The van der Waals surface area contributed by atoms with E-state index in [1.165, 1.54) is 18.4 Å². The Hall–Kier alpha value is -1.09. The van der Waals surface area contributed by atoms with Crippen molar-refractivity contribution in [3.63, 3.8) is 0 Å². The molecule has 0 saturated carbocycles. The van der Waals surface area contributed by atoms with Gasteiger partial charge < -0.3 is 10.2 Å². The minimum absolute atomic E-state index is 0.901. The van der Waals surface area contributed by atoms with Crippen LogP contribution in [0.3, 0.4) is 0 Å². The standard InChI is InChI=1S/C13H23N3/c1-5-6-7-16(4)13-9-12(10-14-3)8-11(2)15-13/h8-9,14H,5-7,10H2,1-4H3. The second-order valence-corrected chi connectivity index (χ2v) is 4.28. The third-order valence-electron chi connectivity index (χ3n) is 2.62. The van der Waals surface area contributed by atoms with Crippen molar-refractivity contribution >= 4 is 5.82 Å². The molecule has 16 heavy (non-hydrogen) atoms. The molecule has 0 aliphatic heterocycles. The van der Waals surface area contributed by atoms with Crippen molar-refractivity contribution in [3.8, 4) is 0 Å². The van der Waals surface area contributed by atoms with Gasteiger partial charge in [-0.15, -0.1) is 0 Å². The molecule has 0 aliphatic rings. The zero-order chi connectivity index (χ0) is 12.0. The van der Waals surface area contributed by atoms with Crippen LogP contribution in [0.2, 0.25) is 0 Å². The van der Waals surface area contributed by atoms with Crippen molar-refractivity contribution in [3.05, 3.63) is 23.4 Å². The minimum Gasteiger partial charge on any atom is -0.360 e. The fraction of sp³-hybridized carbons (Fsp3) is 0.615. The summed E-state index contributed by atoms with van der Waals surface area (Å²) in [7, 11) is 4.08. The van der Waals surface area contributed by atoms with Crippen LogP contribution in [0.1, 0.15) is 31.0 Å². The quantitative estimate of drug-likeness (QED) is 0.799. The van der Waals surface area contributed by atoms with Crippen molar-refractivity contribution in [2.24, 2.45) is 0 Å². The van der Waals surface area contributed by atoms with E-state index in [-0.39, 0.29) is 0 Å². The second kappa shape index (κ2) is 6.48. The van der Waals surface area contributed by atoms with Crippen LogP contribution in [-0.4, -0.2) is 25.6 Å². The number of pyridine rings is 1. The molecule has 0 atom stereocenters. The lowest BCUT2D eigenvalue weighted by Crippen LogP contribution is -2.20. The molecule has 1 heterocycles. The van der Waals surface area contributed by atoms with E-state index >= 15 is 0 Å². The number of rotatable bonds is 6. The van der Waals surface area contributed by atoms with E-state index in [2.05, 4.69) is 48.2 Å². The maximum Gasteiger partial charge on any atom is 0.128 e. The molecule has 0 fully saturated rings. The largest absolute Gasteiger partial charge is 0.360 e. The molecular weight excluding hydrogens is 198 g/mol. The smallest absolute Gasteiger partial charge is 0.128 e. The summed E-state index contributed by atoms with van der Waals surface area (Å²) in [5, 5.41) is 3.17. The predicted octanol–water partition coefficient (Wildman–Crippen LogP) is 2.35. The van der Waals surface area contributed by atoms with E-state index in [1.807, 2.05) is 7.05 Å². The Morgan fingerprint density at radius 1 is 1.38 bits per heavy atom. The second-order valence-electron chi connectivity index (χ2n) is 4.28. The van der Waals surface area contributed by atoms with E-state index in [9.17, 15) is 0 Å². The summed E-state index contributed by atoms with van der Waals surface area (Å²) in [5.41, 5.74) is 2.39. The van der Waals surface area contributed by atoms with Gasteiger partial charge in [0.1, 0.15) is 5.82 Å². The highest BCUT2D eigenvalue weighted by Gasteiger charge is 2.04. The summed E-state index contributed by atoms with van der Waals surface area (Å²) in [6, 6.07) is 4.30. The first-order valence-electron chi connectivity index (χ1n) is 6.00. The highest BCUT2D eigenvalue weighted by molar-refractivity contribution is 5.41. The van der Waals surface area contributed by atoms with Crippen molar-refractivity contribution in [1.82, 2.24) is 10.3 Å². The molecule has 1 aromatic rings. The van der Waals surface area contributed by atoms with Crippen LogP contribution in [0, 0.1) is 6.92 Å². The highest BCUT2D eigenvalue weighted by Crippen LogP contribution is 2.14. The Kier molecular flexibility index (Phi) is 5.26. The van der Waals surface area contributed by atoms with Crippen LogP contribution in [0.25, 0.3) is 0 Å². The Bertz CT molecular complexity index is 323. The first-order chi connectivity index (χ1) is 7.67. The topological polar surface area (TPSA) is 28.2 Å². The summed E-state index contributed by atoms with van der Waals surface area (Å²) in [5.74, 6) is 1.08. The molecule has 3 nitrogen and oxygen atoms in total. The fourth-order valence-electron chi connectivity index (χ4n) is 1.73. The molecule has 1 aromatic heterocycles. The average molecular weight is 221 g/mol. The van der Waals surface area contributed by atoms with Crippen molar-refractivity contribution < 1.29 is 0 Å². The monoisotopic (exact) mass is 221 g/mol. The van der Waals surface area contributed by atoms with Gasteiger partial charge in [-0.2, -0.15) is 0 Å². The van der Waals surface area contributed by atoms with Crippen LogP contribution in [0.4, 0.5) is 5.82 Å². The lowest BCUT2D eigenvalue weighted by atomic mass is 10.2. The number of nitrogens with one attached hydrogen (secondary N) is 1. The summed E-state index contributed by atoms with van der Waals surface area (Å²) in [4.78, 5) is 6.80. The van der Waals surface area contributed by atoms with Crippen LogP contribution in [0.5, 0.6) is 0 Å². The lowest BCUT2D eigenvalue weighted by molar-refractivity contribution is 0.755. The van der Waals surface area contributed by atoms with Gasteiger partial charge in [0.05, 0.1) is 0 Å². The molecule has 0 spiro atoms. The number of hydrogen-bond acceptors (Lipinski definition) is 3. The van der Waals surface area contributed by atoms with Crippen LogP contribution < -0.4 is 10.2 Å². The number of nitrogens with zero attached hydrogens (tertiary/aromatic N) is 2. The summed E-state index contributed by atoms with van der Waals surface area (Å²) < 4.78 is 0. The number of aromatic nitrogens is 1. The molecule has 0 radical (unpaired) electrons. The van der Waals surface area contributed by atoms with E-state index in [0.717, 1.165) is 24.6 Å². The van der Waals surface area contributed by atoms with E-state index in [1.54, 1.807) is 0 Å². The molecule has 90 valence electrons. The first kappa shape index (κ1) is 13.0. The van der Waals surface area contributed by atoms with Crippen molar-refractivity contribution in [1.29, 1.82) is 0 Å². The van der Waals surface area contributed by atoms with Crippen LogP contribution >= 0.6 is 0 Å². The molecule has 0 saturated heterocycles. The third-order valence-corrected chi connectivity index (χ3v) is 2.62. The van der Waals surface area contributed by atoms with Gasteiger partial charge in [0.15, 0.2) is 0 Å². The number of anilines is 1. The molecule has 3 heteroatoms. The Morgan fingerprint density at radius 3 is 2.75 bits per heavy atom. The summed E-state index contributed by atoms with van der Waals surface area (Å²) >= 11 is 0. The van der Waals surface area contributed by atoms with E-state index in [0.29, 0.717) is 0 Å². The maximum absolute atomic E-state index is 4.57. The number of aryl methyl sites for hydroxylation is 1. The van der Waals surface area contributed by atoms with Gasteiger partial charge in [0.25, 0.3) is 0 Å². The number of hydrogen-bond donors (Lipinski definition) is 1. The van der Waals surface area contributed by atoms with Gasteiger partial charge in [-0.05, 0) is 38.1 Å². The van der Waals surface area contributed by atoms with E-state index in [4.69, 9.17) is 0 Å². The third kappa shape index (κ3) is 3.81. The molecule has 0 aromatic carbocycles. The summed E-state index contributed by atoms with van der Waals surface area (Å²) in [6.45, 7) is 6.24.